The molecule has 0 aromatic carbocycles. The Morgan fingerprint density at radius 1 is 0.645 bits per heavy atom. The van der Waals surface area contributed by atoms with Crippen LogP contribution in [0, 0.1) is 22.7 Å². The Hall–Kier alpha value is -1.09. The van der Waals surface area contributed by atoms with Crippen LogP contribution in [-0.2, 0) is 60.4 Å². The number of carbonyl (C=O) groups excluding carboxylic acids is 4. The monoisotopic (exact) mass is 480 g/mol. The molecule has 180 valence electrons. The van der Waals surface area contributed by atoms with E-state index in [4.69, 9.17) is 0 Å². The molecule has 0 aliphatic heterocycles. The van der Waals surface area contributed by atoms with Crippen molar-refractivity contribution in [2.24, 2.45) is 22.7 Å². The van der Waals surface area contributed by atoms with Gasteiger partial charge in [-0.2, -0.15) is 9.78 Å². The minimum Gasteiger partial charge on any atom is -0.298 e. The summed E-state index contributed by atoms with van der Waals surface area (Å²) in [7, 11) is 0. The van der Waals surface area contributed by atoms with Gasteiger partial charge in [0.1, 0.15) is 11.8 Å². The summed E-state index contributed by atoms with van der Waals surface area (Å²) < 4.78 is 0. The normalized spacial score (nSPS) is 13.0. The predicted octanol–water partition coefficient (Wildman–Crippen LogP) is 4.24. The Balaban J connectivity index is -0.000000490. The molecule has 0 saturated heterocycles. The molecule has 0 radical (unpaired) electrons. The first kappa shape index (κ1) is 34.5. The number of hydrogen-bond acceptors (Lipinski definition) is 8. The predicted molar refractivity (Wildman–Crippen MR) is 112 cm³/mol. The van der Waals surface area contributed by atoms with Crippen LogP contribution < -0.4 is 0 Å². The molecule has 9 heteroatoms. The molecule has 0 N–H and O–H groups in total. The summed E-state index contributed by atoms with van der Waals surface area (Å²) in [5, 5.41) is 0. The molecule has 2 atom stereocenters. The summed E-state index contributed by atoms with van der Waals surface area (Å²) in [6, 6.07) is 0. The SMILES string of the molecule is CCCOOC(=O)C(C)C(=O)C(C)(C)C.CCCOOC(=O)C(C)C(=O)C(C)(C)C.[Ti]. The summed E-state index contributed by atoms with van der Waals surface area (Å²) in [5.41, 5.74) is -1.08. The largest absolute Gasteiger partial charge is 0.352 e. The fourth-order valence-corrected chi connectivity index (χ4v) is 2.02. The molecule has 0 spiro atoms. The van der Waals surface area contributed by atoms with Crippen LogP contribution in [0.3, 0.4) is 0 Å². The fraction of sp³-hybridized carbons (Fsp3) is 0.818. The van der Waals surface area contributed by atoms with Crippen LogP contribution in [-0.4, -0.2) is 36.7 Å². The minimum absolute atomic E-state index is 0. The first-order valence-electron chi connectivity index (χ1n) is 10.4. The maximum absolute atomic E-state index is 11.7. The second kappa shape index (κ2) is 16.5. The van der Waals surface area contributed by atoms with Gasteiger partial charge in [0.15, 0.2) is 11.6 Å². The Bertz CT molecular complexity index is 511. The van der Waals surface area contributed by atoms with Crippen LogP contribution in [0.5, 0.6) is 0 Å². The summed E-state index contributed by atoms with van der Waals surface area (Å²) >= 11 is 0. The van der Waals surface area contributed by atoms with Gasteiger partial charge in [0.2, 0.25) is 0 Å². The van der Waals surface area contributed by atoms with Crippen LogP contribution in [0.15, 0.2) is 0 Å². The molecule has 0 aromatic heterocycles. The first-order chi connectivity index (χ1) is 13.6. The molecule has 0 aliphatic carbocycles. The van der Waals surface area contributed by atoms with Crippen molar-refractivity contribution in [2.45, 2.75) is 82.1 Å². The zero-order valence-corrected chi connectivity index (χ0v) is 22.3. The summed E-state index contributed by atoms with van der Waals surface area (Å²) in [6.07, 6.45) is 1.52. The van der Waals surface area contributed by atoms with Gasteiger partial charge >= 0.3 is 11.9 Å². The molecule has 0 saturated carbocycles. The fourth-order valence-electron chi connectivity index (χ4n) is 2.02. The van der Waals surface area contributed by atoms with Gasteiger partial charge in [-0.1, -0.05) is 55.4 Å². The van der Waals surface area contributed by atoms with Crippen molar-refractivity contribution < 1.29 is 60.4 Å². The van der Waals surface area contributed by atoms with E-state index in [1.807, 2.05) is 13.8 Å². The Morgan fingerprint density at radius 2 is 0.903 bits per heavy atom. The van der Waals surface area contributed by atoms with Crippen molar-refractivity contribution >= 4 is 23.5 Å². The zero-order chi connectivity index (χ0) is 24.1. The molecule has 0 fully saturated rings. The maximum atomic E-state index is 11.7. The standard InChI is InChI=1S/2C11H20O4.Ti/c2*1-6-7-14-15-10(13)8(2)9(12)11(3,4)5;/h2*8H,6-7H2,1-5H3;. The van der Waals surface area contributed by atoms with Gasteiger partial charge in [-0.3, -0.25) is 19.4 Å². The molecule has 0 aliphatic rings. The molecule has 0 heterocycles. The molecule has 2 unspecified atom stereocenters. The smallest absolute Gasteiger partial charge is 0.298 e. The number of carbonyl (C=O) groups is 4. The van der Waals surface area contributed by atoms with Gasteiger partial charge in [-0.15, -0.1) is 0 Å². The molecule has 0 aromatic rings. The molecular formula is C22H40O8Ti. The van der Waals surface area contributed by atoms with Crippen LogP contribution >= 0.6 is 0 Å². The van der Waals surface area contributed by atoms with Gasteiger partial charge < -0.3 is 0 Å². The van der Waals surface area contributed by atoms with Crippen molar-refractivity contribution in [3.63, 3.8) is 0 Å². The van der Waals surface area contributed by atoms with E-state index in [0.29, 0.717) is 13.2 Å². The zero-order valence-electron chi connectivity index (χ0n) is 20.7. The van der Waals surface area contributed by atoms with E-state index in [2.05, 4.69) is 19.6 Å². The molecule has 0 bridgehead atoms. The van der Waals surface area contributed by atoms with E-state index >= 15 is 0 Å². The average Bonchev–Trinajstić information content (AvgIpc) is 2.64. The Morgan fingerprint density at radius 3 is 1.10 bits per heavy atom. The molecule has 31 heavy (non-hydrogen) atoms. The van der Waals surface area contributed by atoms with Crippen LogP contribution in [0.4, 0.5) is 0 Å². The van der Waals surface area contributed by atoms with Crippen LogP contribution in [0.1, 0.15) is 82.1 Å². The summed E-state index contributed by atoms with van der Waals surface area (Å²) in [5.74, 6) is -3.09. The quantitative estimate of drug-likeness (QED) is 0.150. The van der Waals surface area contributed by atoms with E-state index in [1.54, 1.807) is 41.5 Å². The van der Waals surface area contributed by atoms with Crippen LogP contribution in [0.2, 0.25) is 0 Å². The molecule has 0 rings (SSSR count). The summed E-state index contributed by atoms with van der Waals surface area (Å²) in [4.78, 5) is 64.3. The van der Waals surface area contributed by atoms with Crippen molar-refractivity contribution in [2.75, 3.05) is 13.2 Å². The second-order valence-electron chi connectivity index (χ2n) is 9.12. The maximum Gasteiger partial charge on any atom is 0.352 e. The number of rotatable bonds is 10. The third-order valence-electron chi connectivity index (χ3n) is 3.83. The van der Waals surface area contributed by atoms with Crippen molar-refractivity contribution in [1.29, 1.82) is 0 Å². The molecule has 0 amide bonds. The average molecular weight is 480 g/mol. The van der Waals surface area contributed by atoms with Gasteiger partial charge in [-0.05, 0) is 26.7 Å². The van der Waals surface area contributed by atoms with E-state index in [9.17, 15) is 19.2 Å². The minimum atomic E-state index is -0.776. The van der Waals surface area contributed by atoms with Gasteiger partial charge in [0.05, 0.1) is 13.2 Å². The van der Waals surface area contributed by atoms with Gasteiger partial charge in [-0.25, -0.2) is 9.59 Å². The van der Waals surface area contributed by atoms with Gasteiger partial charge in [0.25, 0.3) is 0 Å². The Labute approximate surface area is 201 Å². The molecule has 8 nitrogen and oxygen atoms in total. The van der Waals surface area contributed by atoms with Crippen LogP contribution in [0.25, 0.3) is 0 Å². The number of Topliss-reactive ketones (excluding diaryl/α,β-unsaturated/α-hetero) is 2. The third kappa shape index (κ3) is 15.4. The van der Waals surface area contributed by atoms with E-state index in [-0.39, 0.29) is 33.3 Å². The third-order valence-corrected chi connectivity index (χ3v) is 3.83. The van der Waals surface area contributed by atoms with E-state index < -0.39 is 34.6 Å². The number of hydrogen-bond donors (Lipinski definition) is 0. The summed E-state index contributed by atoms with van der Waals surface area (Å²) in [6.45, 7) is 18.2. The van der Waals surface area contributed by atoms with E-state index in [0.717, 1.165) is 12.8 Å². The number of ketones is 2. The Kier molecular flexibility index (Phi) is 18.4. The second-order valence-corrected chi connectivity index (χ2v) is 9.12. The van der Waals surface area contributed by atoms with Gasteiger partial charge in [0, 0.05) is 32.5 Å². The first-order valence-corrected chi connectivity index (χ1v) is 10.4. The molecular weight excluding hydrogens is 440 g/mol. The van der Waals surface area contributed by atoms with Crippen molar-refractivity contribution in [3.05, 3.63) is 0 Å². The van der Waals surface area contributed by atoms with Crippen molar-refractivity contribution in [3.8, 4) is 0 Å². The topological polar surface area (TPSA) is 105 Å². The van der Waals surface area contributed by atoms with Crippen molar-refractivity contribution in [1.82, 2.24) is 0 Å². The van der Waals surface area contributed by atoms with E-state index in [1.165, 1.54) is 13.8 Å².